The van der Waals surface area contributed by atoms with E-state index in [-0.39, 0.29) is 18.2 Å². The van der Waals surface area contributed by atoms with E-state index >= 15 is 0 Å². The highest BCUT2D eigenvalue weighted by Gasteiger charge is 2.42. The molecule has 2 amide bonds. The van der Waals surface area contributed by atoms with E-state index in [1.165, 1.54) is 10.4 Å². The molecule has 30 heavy (non-hydrogen) atoms. The number of thiophene rings is 1. The summed E-state index contributed by atoms with van der Waals surface area (Å²) in [5.41, 5.74) is 8.27. The third-order valence-corrected chi connectivity index (χ3v) is 6.75. The molecule has 1 atom stereocenters. The van der Waals surface area contributed by atoms with Gasteiger partial charge >= 0.3 is 0 Å². The van der Waals surface area contributed by atoms with E-state index in [0.29, 0.717) is 25.9 Å². The molecule has 0 bridgehead atoms. The van der Waals surface area contributed by atoms with Crippen LogP contribution in [0.5, 0.6) is 0 Å². The van der Waals surface area contributed by atoms with E-state index < -0.39 is 5.41 Å². The molecule has 2 N–H and O–H groups in total. The first-order valence-corrected chi connectivity index (χ1v) is 11.0. The lowest BCUT2D eigenvalue weighted by molar-refractivity contribution is -0.139. The first-order chi connectivity index (χ1) is 14.6. The van der Waals surface area contributed by atoms with Gasteiger partial charge in [-0.15, -0.1) is 11.3 Å². The number of benzene rings is 1. The SMILES string of the molecule is NC(=O)C1(Cc2ccc(-c3cccs3)cc2)CCCN(C(=O)Cc2cccnc2)C1. The summed E-state index contributed by atoms with van der Waals surface area (Å²) in [4.78, 5) is 32.5. The minimum absolute atomic E-state index is 0.0152. The molecule has 1 aliphatic heterocycles. The Morgan fingerprint density at radius 2 is 1.93 bits per heavy atom. The minimum atomic E-state index is -0.729. The number of nitrogens with zero attached hydrogens (tertiary/aromatic N) is 2. The summed E-state index contributed by atoms with van der Waals surface area (Å²) in [6, 6.07) is 16.2. The zero-order chi connectivity index (χ0) is 21.0. The van der Waals surface area contributed by atoms with Crippen LogP contribution < -0.4 is 5.73 Å². The van der Waals surface area contributed by atoms with Gasteiger partial charge in [0.25, 0.3) is 0 Å². The number of piperidine rings is 1. The molecule has 1 fully saturated rings. The van der Waals surface area contributed by atoms with Gasteiger partial charge in [-0.05, 0) is 53.5 Å². The van der Waals surface area contributed by atoms with Crippen LogP contribution in [0.4, 0.5) is 0 Å². The molecule has 0 aliphatic carbocycles. The molecule has 3 heterocycles. The average Bonchev–Trinajstić information content (AvgIpc) is 3.30. The minimum Gasteiger partial charge on any atom is -0.369 e. The van der Waals surface area contributed by atoms with E-state index in [0.717, 1.165) is 17.5 Å². The van der Waals surface area contributed by atoms with Gasteiger partial charge in [0.1, 0.15) is 0 Å². The maximum absolute atomic E-state index is 12.9. The topological polar surface area (TPSA) is 76.3 Å². The Balaban J connectivity index is 1.49. The zero-order valence-corrected chi connectivity index (χ0v) is 17.6. The summed E-state index contributed by atoms with van der Waals surface area (Å²) in [7, 11) is 0. The molecular formula is C24H25N3O2S. The number of nitrogens with two attached hydrogens (primary N) is 1. The smallest absolute Gasteiger partial charge is 0.227 e. The number of rotatable bonds is 6. The van der Waals surface area contributed by atoms with Crippen molar-refractivity contribution in [2.45, 2.75) is 25.7 Å². The highest BCUT2D eigenvalue weighted by molar-refractivity contribution is 7.13. The predicted molar refractivity (Wildman–Crippen MR) is 119 cm³/mol. The Bertz CT molecular complexity index is 1000. The maximum atomic E-state index is 12.9. The molecule has 0 radical (unpaired) electrons. The van der Waals surface area contributed by atoms with Crippen molar-refractivity contribution in [1.29, 1.82) is 0 Å². The Hall–Kier alpha value is -2.99. The summed E-state index contributed by atoms with van der Waals surface area (Å²) >= 11 is 1.70. The monoisotopic (exact) mass is 419 g/mol. The number of hydrogen-bond donors (Lipinski definition) is 1. The number of likely N-dealkylation sites (tertiary alicyclic amines) is 1. The van der Waals surface area contributed by atoms with Gasteiger partial charge < -0.3 is 10.6 Å². The molecule has 0 spiro atoms. The molecule has 1 aliphatic rings. The first-order valence-electron chi connectivity index (χ1n) is 10.2. The van der Waals surface area contributed by atoms with E-state index in [4.69, 9.17) is 5.73 Å². The second kappa shape index (κ2) is 8.79. The van der Waals surface area contributed by atoms with Crippen LogP contribution in [0.3, 0.4) is 0 Å². The number of hydrogen-bond acceptors (Lipinski definition) is 4. The average molecular weight is 420 g/mol. The lowest BCUT2D eigenvalue weighted by Crippen LogP contribution is -2.53. The van der Waals surface area contributed by atoms with Crippen LogP contribution in [0.25, 0.3) is 10.4 Å². The third-order valence-electron chi connectivity index (χ3n) is 5.83. The van der Waals surface area contributed by atoms with Crippen molar-refractivity contribution in [3.63, 3.8) is 0 Å². The van der Waals surface area contributed by atoms with Gasteiger partial charge in [-0.25, -0.2) is 0 Å². The fourth-order valence-corrected chi connectivity index (χ4v) is 4.92. The number of amides is 2. The van der Waals surface area contributed by atoms with Crippen molar-refractivity contribution < 1.29 is 9.59 Å². The largest absolute Gasteiger partial charge is 0.369 e. The fraction of sp³-hybridized carbons (Fsp3) is 0.292. The predicted octanol–water partition coefficient (Wildman–Crippen LogP) is 3.69. The van der Waals surface area contributed by atoms with Gasteiger partial charge in [-0.1, -0.05) is 36.4 Å². The molecule has 2 aromatic heterocycles. The highest BCUT2D eigenvalue weighted by atomic mass is 32.1. The summed E-state index contributed by atoms with van der Waals surface area (Å²) in [5.74, 6) is -0.315. The van der Waals surface area contributed by atoms with Crippen LogP contribution in [0.15, 0.2) is 66.3 Å². The van der Waals surface area contributed by atoms with Crippen LogP contribution in [0, 0.1) is 5.41 Å². The van der Waals surface area contributed by atoms with Crippen molar-refractivity contribution >= 4 is 23.2 Å². The van der Waals surface area contributed by atoms with Crippen molar-refractivity contribution in [3.05, 3.63) is 77.4 Å². The standard InChI is InChI=1S/C24H25N3O2S/c25-23(29)24(15-18-6-8-20(9-7-18)21-5-2-13-30-21)10-3-12-27(17-24)22(28)14-19-4-1-11-26-16-19/h1-2,4-9,11,13,16H,3,10,12,14-15,17H2,(H2,25,29). The van der Waals surface area contributed by atoms with Crippen LogP contribution >= 0.6 is 11.3 Å². The number of carbonyl (C=O) groups excluding carboxylic acids is 2. The van der Waals surface area contributed by atoms with Gasteiger partial charge in [0, 0.05) is 30.4 Å². The molecule has 1 saturated heterocycles. The normalized spacial score (nSPS) is 18.9. The van der Waals surface area contributed by atoms with E-state index in [2.05, 4.69) is 40.7 Å². The fourth-order valence-electron chi connectivity index (χ4n) is 4.19. The maximum Gasteiger partial charge on any atom is 0.227 e. The Kier molecular flexibility index (Phi) is 5.95. The number of primary amides is 1. The summed E-state index contributed by atoms with van der Waals surface area (Å²) in [6.45, 7) is 1.03. The van der Waals surface area contributed by atoms with E-state index in [1.54, 1.807) is 28.6 Å². The van der Waals surface area contributed by atoms with Crippen LogP contribution in [0.2, 0.25) is 0 Å². The molecule has 5 nitrogen and oxygen atoms in total. The summed E-state index contributed by atoms with van der Waals surface area (Å²) < 4.78 is 0. The molecule has 4 rings (SSSR count). The third kappa shape index (κ3) is 4.44. The molecule has 154 valence electrons. The van der Waals surface area contributed by atoms with E-state index in [9.17, 15) is 9.59 Å². The number of aromatic nitrogens is 1. The number of carbonyl (C=O) groups is 2. The van der Waals surface area contributed by atoms with Gasteiger partial charge in [0.15, 0.2) is 0 Å². The molecular weight excluding hydrogens is 394 g/mol. The molecule has 0 saturated carbocycles. The lowest BCUT2D eigenvalue weighted by Gasteiger charge is -2.41. The van der Waals surface area contributed by atoms with Crippen LogP contribution in [-0.4, -0.2) is 34.8 Å². The molecule has 6 heteroatoms. The van der Waals surface area contributed by atoms with Crippen molar-refractivity contribution in [1.82, 2.24) is 9.88 Å². The van der Waals surface area contributed by atoms with Gasteiger partial charge in [-0.2, -0.15) is 0 Å². The Labute approximate surface area is 180 Å². The lowest BCUT2D eigenvalue weighted by atomic mass is 9.74. The quantitative estimate of drug-likeness (QED) is 0.662. The van der Waals surface area contributed by atoms with Crippen molar-refractivity contribution in [3.8, 4) is 10.4 Å². The molecule has 1 unspecified atom stereocenters. The van der Waals surface area contributed by atoms with Gasteiger partial charge in [0.2, 0.25) is 11.8 Å². The van der Waals surface area contributed by atoms with Gasteiger partial charge in [0.05, 0.1) is 11.8 Å². The second-order valence-corrected chi connectivity index (χ2v) is 8.90. The molecule has 3 aromatic rings. The highest BCUT2D eigenvalue weighted by Crippen LogP contribution is 2.35. The summed E-state index contributed by atoms with van der Waals surface area (Å²) in [6.07, 6.45) is 5.71. The second-order valence-electron chi connectivity index (χ2n) is 7.95. The number of pyridine rings is 1. The first kappa shape index (κ1) is 20.3. The summed E-state index contributed by atoms with van der Waals surface area (Å²) in [5, 5.41) is 2.06. The molecule has 1 aromatic carbocycles. The van der Waals surface area contributed by atoms with Crippen LogP contribution in [0.1, 0.15) is 24.0 Å². The zero-order valence-electron chi connectivity index (χ0n) is 16.8. The Morgan fingerprint density at radius 1 is 1.10 bits per heavy atom. The van der Waals surface area contributed by atoms with E-state index in [1.807, 2.05) is 18.2 Å². The van der Waals surface area contributed by atoms with Crippen molar-refractivity contribution in [2.24, 2.45) is 11.1 Å². The van der Waals surface area contributed by atoms with Crippen LogP contribution in [-0.2, 0) is 22.4 Å². The van der Waals surface area contributed by atoms with Gasteiger partial charge in [-0.3, -0.25) is 14.6 Å². The Morgan fingerprint density at radius 3 is 2.60 bits per heavy atom. The van der Waals surface area contributed by atoms with Crippen molar-refractivity contribution in [2.75, 3.05) is 13.1 Å².